The summed E-state index contributed by atoms with van der Waals surface area (Å²) in [4.78, 5) is 26.2. The summed E-state index contributed by atoms with van der Waals surface area (Å²) in [5, 5.41) is 9.97. The molecule has 0 atom stereocenters. The Kier molecular flexibility index (Phi) is 33.8. The summed E-state index contributed by atoms with van der Waals surface area (Å²) in [5.41, 5.74) is 0. The lowest BCUT2D eigenvalue weighted by Gasteiger charge is -2.21. The number of rotatable bonds is 41. The first-order valence-corrected chi connectivity index (χ1v) is 21.8. The number of nitrogens with zero attached hydrogens (tertiary/aromatic N) is 1. The summed E-state index contributed by atoms with van der Waals surface area (Å²) in [6.07, 6.45) is 34.3. The topological polar surface area (TPSA) is 76.1 Å². The van der Waals surface area contributed by atoms with E-state index in [1.165, 1.54) is 101 Å². The molecule has 6 nitrogen and oxygen atoms in total. The average Bonchev–Trinajstić information content (AvgIpc) is 3.13. The molecule has 0 bridgehead atoms. The third-order valence-corrected chi connectivity index (χ3v) is 9.89. The largest absolute Gasteiger partial charge is 0.466 e. The minimum atomic E-state index is -2.97. The van der Waals surface area contributed by atoms with Crippen molar-refractivity contribution in [1.29, 1.82) is 0 Å². The molecule has 0 spiro atoms. The van der Waals surface area contributed by atoms with Crippen LogP contribution in [-0.4, -0.2) is 60.8 Å². The third kappa shape index (κ3) is 36.6. The maximum atomic E-state index is 12.7. The Morgan fingerprint density at radius 2 is 0.900 bits per heavy atom. The van der Waals surface area contributed by atoms with Crippen LogP contribution in [0.3, 0.4) is 0 Å². The molecule has 0 aromatic carbocycles. The van der Waals surface area contributed by atoms with Crippen LogP contribution in [-0.2, 0) is 19.1 Å². The highest BCUT2D eigenvalue weighted by Gasteiger charge is 2.14. The van der Waals surface area contributed by atoms with Gasteiger partial charge in [-0.1, -0.05) is 162 Å². The smallest absolute Gasteiger partial charge is 0.306 e. The van der Waals surface area contributed by atoms with E-state index in [0.29, 0.717) is 45.4 Å². The zero-order valence-electron chi connectivity index (χ0n) is 37.6. The normalized spacial score (nSPS) is 13.3. The summed E-state index contributed by atoms with van der Waals surface area (Å²) in [6.45, 7) is 2.46. The Balaban J connectivity index is 4.36. The van der Waals surface area contributed by atoms with Crippen molar-refractivity contribution in [1.82, 2.24) is 4.90 Å². The average molecular weight is 714 g/mol. The van der Waals surface area contributed by atoms with Gasteiger partial charge in [-0.25, -0.2) is 0 Å². The lowest BCUT2D eigenvalue weighted by molar-refractivity contribution is -0.150. The maximum Gasteiger partial charge on any atom is 0.306 e. The fourth-order valence-electron chi connectivity index (χ4n) is 6.63. The van der Waals surface area contributed by atoms with Gasteiger partial charge in [0, 0.05) is 22.1 Å². The fraction of sp³-hybridized carbons (Fsp3) is 0.955. The van der Waals surface area contributed by atoms with Crippen LogP contribution in [0.5, 0.6) is 0 Å². The van der Waals surface area contributed by atoms with Gasteiger partial charge in [0.15, 0.2) is 0 Å². The van der Waals surface area contributed by atoms with Gasteiger partial charge in [0.1, 0.15) is 6.10 Å². The third-order valence-electron chi connectivity index (χ3n) is 9.89. The first kappa shape index (κ1) is 41.6. The van der Waals surface area contributed by atoms with Gasteiger partial charge in [-0.15, -0.1) is 0 Å². The summed E-state index contributed by atoms with van der Waals surface area (Å²) < 4.78 is 43.4. The van der Waals surface area contributed by atoms with Gasteiger partial charge in [0.25, 0.3) is 0 Å². The first-order chi connectivity index (χ1) is 26.0. The SMILES string of the molecule is [2H]C([2H])(O)C([2H])([2H])N(CCCCCCCC(=O)OCCCCCCCCC)CCCCCCCC(=O)OC(CCCCCCCC)CCCCCCCC. The fourth-order valence-corrected chi connectivity index (χ4v) is 6.63. The van der Waals surface area contributed by atoms with Gasteiger partial charge in [-0.3, -0.25) is 9.59 Å². The Morgan fingerprint density at radius 3 is 1.36 bits per heavy atom. The molecule has 6 heteroatoms. The quantitative estimate of drug-likeness (QED) is 0.0502. The van der Waals surface area contributed by atoms with Crippen molar-refractivity contribution in [2.45, 2.75) is 239 Å². The van der Waals surface area contributed by atoms with Gasteiger partial charge in [0.2, 0.25) is 0 Å². The molecule has 0 amide bonds. The van der Waals surface area contributed by atoms with Crippen LogP contribution in [0.2, 0.25) is 0 Å². The van der Waals surface area contributed by atoms with Crippen molar-refractivity contribution in [3.8, 4) is 0 Å². The molecule has 0 saturated heterocycles. The second-order valence-electron chi connectivity index (χ2n) is 14.8. The molecule has 50 heavy (non-hydrogen) atoms. The molecule has 0 saturated carbocycles. The van der Waals surface area contributed by atoms with E-state index in [1.54, 1.807) is 0 Å². The number of ether oxygens (including phenoxy) is 2. The summed E-state index contributed by atoms with van der Waals surface area (Å²) in [6, 6.07) is 0. The second-order valence-corrected chi connectivity index (χ2v) is 14.8. The lowest BCUT2D eigenvalue weighted by atomic mass is 10.0. The van der Waals surface area contributed by atoms with Crippen molar-refractivity contribution < 1.29 is 29.7 Å². The highest BCUT2D eigenvalue weighted by molar-refractivity contribution is 5.69. The predicted molar refractivity (Wildman–Crippen MR) is 214 cm³/mol. The number of carbonyl (C=O) groups excluding carboxylic acids is 2. The lowest BCUT2D eigenvalue weighted by Crippen LogP contribution is -2.29. The van der Waals surface area contributed by atoms with Crippen molar-refractivity contribution in [2.24, 2.45) is 0 Å². The van der Waals surface area contributed by atoms with Crippen LogP contribution in [0.4, 0.5) is 0 Å². The molecule has 0 unspecified atom stereocenters. The van der Waals surface area contributed by atoms with Crippen molar-refractivity contribution in [3.05, 3.63) is 0 Å². The molecule has 0 rings (SSSR count). The molecule has 1 N–H and O–H groups in total. The molecular weight excluding hydrogens is 622 g/mol. The van der Waals surface area contributed by atoms with E-state index < -0.39 is 13.1 Å². The van der Waals surface area contributed by atoms with Gasteiger partial charge in [0.05, 0.1) is 15.9 Å². The van der Waals surface area contributed by atoms with E-state index in [0.717, 1.165) is 89.9 Å². The summed E-state index contributed by atoms with van der Waals surface area (Å²) in [5.74, 6) is -0.211. The van der Waals surface area contributed by atoms with E-state index in [2.05, 4.69) is 20.8 Å². The molecule has 0 aliphatic rings. The zero-order chi connectivity index (χ0) is 40.2. The zero-order valence-corrected chi connectivity index (χ0v) is 33.6. The minimum absolute atomic E-state index is 0.0386. The Hall–Kier alpha value is -1.14. The Morgan fingerprint density at radius 1 is 0.520 bits per heavy atom. The maximum absolute atomic E-state index is 12.7. The number of carbonyl (C=O) groups is 2. The van der Waals surface area contributed by atoms with Crippen LogP contribution >= 0.6 is 0 Å². The Labute approximate surface area is 317 Å². The molecule has 0 heterocycles. The number of hydrogen-bond donors (Lipinski definition) is 1. The Bertz CT molecular complexity index is 841. The van der Waals surface area contributed by atoms with Gasteiger partial charge in [-0.2, -0.15) is 0 Å². The summed E-state index contributed by atoms with van der Waals surface area (Å²) in [7, 11) is 0. The number of unbranched alkanes of at least 4 members (excludes halogenated alkanes) is 24. The van der Waals surface area contributed by atoms with E-state index in [1.807, 2.05) is 0 Å². The second kappa shape index (κ2) is 40.6. The number of aliphatic hydroxyl groups is 1. The van der Waals surface area contributed by atoms with Gasteiger partial charge < -0.3 is 19.5 Å². The van der Waals surface area contributed by atoms with Crippen LogP contribution < -0.4 is 0 Å². The molecular formula is C44H87NO5. The monoisotopic (exact) mass is 714 g/mol. The van der Waals surface area contributed by atoms with E-state index in [9.17, 15) is 14.7 Å². The molecule has 0 fully saturated rings. The van der Waals surface area contributed by atoms with Crippen molar-refractivity contribution in [2.75, 3.05) is 32.8 Å². The van der Waals surface area contributed by atoms with E-state index in [-0.39, 0.29) is 18.0 Å². The molecule has 298 valence electrons. The van der Waals surface area contributed by atoms with Gasteiger partial charge in [-0.05, 0) is 70.9 Å². The highest BCUT2D eigenvalue weighted by atomic mass is 16.5. The van der Waals surface area contributed by atoms with Crippen molar-refractivity contribution >= 4 is 11.9 Å². The number of hydrogen-bond acceptors (Lipinski definition) is 6. The molecule has 0 aliphatic heterocycles. The highest BCUT2D eigenvalue weighted by Crippen LogP contribution is 2.18. The van der Waals surface area contributed by atoms with E-state index >= 15 is 0 Å². The molecule has 0 aliphatic carbocycles. The molecule has 0 aromatic rings. The number of esters is 2. The molecule has 0 radical (unpaired) electrons. The minimum Gasteiger partial charge on any atom is -0.466 e. The first-order valence-electron chi connectivity index (χ1n) is 23.8. The van der Waals surface area contributed by atoms with Crippen LogP contribution in [0, 0.1) is 0 Å². The predicted octanol–water partition coefficient (Wildman–Crippen LogP) is 12.7. The van der Waals surface area contributed by atoms with Crippen molar-refractivity contribution in [3.63, 3.8) is 0 Å². The summed E-state index contributed by atoms with van der Waals surface area (Å²) >= 11 is 0. The van der Waals surface area contributed by atoms with Crippen LogP contribution in [0.15, 0.2) is 0 Å². The standard InChI is InChI=1S/C44H87NO5/c1-4-7-10-13-16-25-32-41-49-43(47)35-28-21-17-23-30-37-45(39-40-46)38-31-24-18-22-29-36-44(48)50-42(33-26-19-14-11-8-5-2)34-27-20-15-12-9-6-3/h42,46H,4-41H2,1-3H3/i39D2,40D2. The molecule has 0 aromatic heterocycles. The van der Waals surface area contributed by atoms with Crippen LogP contribution in [0.25, 0.3) is 0 Å². The van der Waals surface area contributed by atoms with E-state index in [4.69, 9.17) is 15.0 Å². The van der Waals surface area contributed by atoms with Gasteiger partial charge >= 0.3 is 11.9 Å². The van der Waals surface area contributed by atoms with Crippen LogP contribution in [0.1, 0.15) is 238 Å².